The molecule has 0 N–H and O–H groups in total. The highest BCUT2D eigenvalue weighted by Gasteiger charge is 2.28. The van der Waals surface area contributed by atoms with E-state index in [2.05, 4.69) is 32.8 Å². The molecule has 2 aliphatic heterocycles. The van der Waals surface area contributed by atoms with Gasteiger partial charge in [-0.05, 0) is 56.8 Å². The monoisotopic (exact) mass is 382 g/mol. The number of hydroxylamine groups is 2. The molecule has 0 amide bonds. The van der Waals surface area contributed by atoms with Gasteiger partial charge in [-0.15, -0.1) is 5.06 Å². The van der Waals surface area contributed by atoms with Crippen molar-refractivity contribution in [1.29, 1.82) is 0 Å². The number of hydrogen-bond donors (Lipinski definition) is 0. The lowest BCUT2D eigenvalue weighted by atomic mass is 9.95. The number of halogens is 1. The van der Waals surface area contributed by atoms with Gasteiger partial charge in [-0.3, -0.25) is 0 Å². The van der Waals surface area contributed by atoms with Gasteiger partial charge in [-0.1, -0.05) is 22.9 Å². The zero-order valence-corrected chi connectivity index (χ0v) is 15.7. The fraction of sp³-hybridized carbons (Fsp3) is 0.667. The Balaban J connectivity index is 1.52. The number of methoxy groups -OCH3 is 1. The second kappa shape index (κ2) is 7.86. The van der Waals surface area contributed by atoms with E-state index in [-0.39, 0.29) is 0 Å². The number of benzene rings is 1. The molecule has 2 fully saturated rings. The minimum absolute atomic E-state index is 0.728. The molecule has 0 radical (unpaired) electrons. The van der Waals surface area contributed by atoms with Crippen LogP contribution in [0.1, 0.15) is 32.6 Å². The summed E-state index contributed by atoms with van der Waals surface area (Å²) in [6, 6.07) is 6.60. The largest absolute Gasteiger partial charge is 0.493 e. The Hall–Kier alpha value is -0.780. The van der Waals surface area contributed by atoms with Crippen LogP contribution < -0.4 is 9.57 Å². The Morgan fingerprint density at radius 1 is 1.00 bits per heavy atom. The van der Waals surface area contributed by atoms with Crippen LogP contribution in [0.2, 0.25) is 0 Å². The molecular weight excluding hydrogens is 356 g/mol. The van der Waals surface area contributed by atoms with E-state index in [1.165, 1.54) is 38.8 Å². The van der Waals surface area contributed by atoms with Crippen LogP contribution in [0.4, 0.5) is 0 Å². The molecule has 0 spiro atoms. The predicted octanol–water partition coefficient (Wildman–Crippen LogP) is 3.95. The van der Waals surface area contributed by atoms with Gasteiger partial charge in [0.05, 0.1) is 7.11 Å². The zero-order chi connectivity index (χ0) is 16.2. The average molecular weight is 383 g/mol. The summed E-state index contributed by atoms with van der Waals surface area (Å²) in [5, 5.41) is 2.08. The topological polar surface area (TPSA) is 24.9 Å². The van der Waals surface area contributed by atoms with Gasteiger partial charge in [0.15, 0.2) is 11.5 Å². The van der Waals surface area contributed by atoms with Crippen molar-refractivity contribution < 1.29 is 9.57 Å². The molecule has 2 heterocycles. The zero-order valence-electron chi connectivity index (χ0n) is 14.1. The molecule has 5 heteroatoms. The number of nitrogens with zero attached hydrogens (tertiary/aromatic N) is 2. The molecule has 0 aromatic heterocycles. The highest BCUT2D eigenvalue weighted by atomic mass is 79.9. The van der Waals surface area contributed by atoms with Crippen LogP contribution in [0.5, 0.6) is 11.5 Å². The van der Waals surface area contributed by atoms with E-state index in [0.29, 0.717) is 0 Å². The Labute approximate surface area is 147 Å². The first-order chi connectivity index (χ1) is 11.2. The van der Waals surface area contributed by atoms with Gasteiger partial charge in [-0.25, -0.2) is 0 Å². The molecule has 0 bridgehead atoms. The maximum Gasteiger partial charge on any atom is 0.190 e. The first-order valence-electron chi connectivity index (χ1n) is 8.66. The lowest BCUT2D eigenvalue weighted by Gasteiger charge is -2.40. The number of rotatable bonds is 4. The van der Waals surface area contributed by atoms with Gasteiger partial charge in [0.1, 0.15) is 0 Å². The Morgan fingerprint density at radius 3 is 2.35 bits per heavy atom. The second-order valence-electron chi connectivity index (χ2n) is 6.77. The third kappa shape index (κ3) is 4.40. The van der Waals surface area contributed by atoms with Crippen LogP contribution in [-0.2, 0) is 0 Å². The smallest absolute Gasteiger partial charge is 0.190 e. The maximum atomic E-state index is 6.07. The molecule has 0 unspecified atom stereocenters. The van der Waals surface area contributed by atoms with Crippen LogP contribution >= 0.6 is 15.9 Å². The molecule has 23 heavy (non-hydrogen) atoms. The highest BCUT2D eigenvalue weighted by molar-refractivity contribution is 9.10. The molecule has 0 saturated carbocycles. The van der Waals surface area contributed by atoms with Gasteiger partial charge < -0.3 is 14.5 Å². The lowest BCUT2D eigenvalue weighted by Crippen LogP contribution is -2.48. The summed E-state index contributed by atoms with van der Waals surface area (Å²) in [6.07, 6.45) is 5.08. The van der Waals surface area contributed by atoms with E-state index >= 15 is 0 Å². The molecule has 2 aliphatic rings. The van der Waals surface area contributed by atoms with Gasteiger partial charge in [0, 0.05) is 29.7 Å². The van der Waals surface area contributed by atoms with Crippen LogP contribution in [-0.4, -0.2) is 49.3 Å². The van der Waals surface area contributed by atoms with Crippen LogP contribution in [0, 0.1) is 5.92 Å². The summed E-state index contributed by atoms with van der Waals surface area (Å²) in [6.45, 7) is 6.87. The number of hydrogen-bond acceptors (Lipinski definition) is 4. The summed E-state index contributed by atoms with van der Waals surface area (Å²) in [4.78, 5) is 8.76. The first-order valence-corrected chi connectivity index (χ1v) is 9.45. The summed E-state index contributed by atoms with van der Waals surface area (Å²) in [5.74, 6) is 2.46. The van der Waals surface area contributed by atoms with Gasteiger partial charge >= 0.3 is 0 Å². The molecular formula is C18H27BrN2O2. The summed E-state index contributed by atoms with van der Waals surface area (Å²) >= 11 is 3.50. The molecule has 0 aliphatic carbocycles. The third-order valence-electron chi connectivity index (χ3n) is 5.11. The van der Waals surface area contributed by atoms with Gasteiger partial charge in [-0.2, -0.15) is 0 Å². The van der Waals surface area contributed by atoms with Gasteiger partial charge in [0.2, 0.25) is 0 Å². The number of piperidine rings is 2. The van der Waals surface area contributed by atoms with Crippen molar-refractivity contribution in [1.82, 2.24) is 9.96 Å². The maximum absolute atomic E-state index is 6.07. The Kier molecular flexibility index (Phi) is 5.83. The minimum Gasteiger partial charge on any atom is -0.493 e. The molecule has 1 aromatic carbocycles. The van der Waals surface area contributed by atoms with E-state index in [4.69, 9.17) is 9.57 Å². The molecule has 0 atom stereocenters. The molecule has 2 saturated heterocycles. The molecule has 1 aromatic rings. The van der Waals surface area contributed by atoms with E-state index in [1.54, 1.807) is 7.11 Å². The van der Waals surface area contributed by atoms with E-state index in [9.17, 15) is 0 Å². The number of likely N-dealkylation sites (tertiary alicyclic amines) is 1. The third-order valence-corrected chi connectivity index (χ3v) is 5.60. The first kappa shape index (κ1) is 17.1. The summed E-state index contributed by atoms with van der Waals surface area (Å²) in [7, 11) is 1.68. The minimum atomic E-state index is 0.728. The van der Waals surface area contributed by atoms with Crippen LogP contribution in [0.15, 0.2) is 22.7 Å². The number of ether oxygens (including phenoxy) is 1. The Morgan fingerprint density at radius 2 is 1.70 bits per heavy atom. The van der Waals surface area contributed by atoms with E-state index < -0.39 is 0 Å². The quantitative estimate of drug-likeness (QED) is 0.786. The molecule has 4 nitrogen and oxygen atoms in total. The fourth-order valence-corrected chi connectivity index (χ4v) is 3.89. The van der Waals surface area contributed by atoms with Crippen molar-refractivity contribution in [3.63, 3.8) is 0 Å². The molecule has 128 valence electrons. The normalized spacial score (nSPS) is 22.2. The second-order valence-corrected chi connectivity index (χ2v) is 7.68. The van der Waals surface area contributed by atoms with Crippen LogP contribution in [0.3, 0.4) is 0 Å². The SMILES string of the molecule is COc1ccc(Br)cc1ON1CCC(N2CCC(C)CC2)CC1. The summed E-state index contributed by atoms with van der Waals surface area (Å²) in [5.41, 5.74) is 0. The van der Waals surface area contributed by atoms with Crippen molar-refractivity contribution in [2.24, 2.45) is 5.92 Å². The molecule has 3 rings (SSSR count). The van der Waals surface area contributed by atoms with Crippen molar-refractivity contribution in [3.8, 4) is 11.5 Å². The average Bonchev–Trinajstić information content (AvgIpc) is 2.57. The van der Waals surface area contributed by atoms with E-state index in [0.717, 1.165) is 41.0 Å². The van der Waals surface area contributed by atoms with Gasteiger partial charge in [0.25, 0.3) is 0 Å². The van der Waals surface area contributed by atoms with E-state index in [1.807, 2.05) is 18.2 Å². The Bertz CT molecular complexity index is 510. The van der Waals surface area contributed by atoms with Crippen molar-refractivity contribution >= 4 is 15.9 Å². The lowest BCUT2D eigenvalue weighted by molar-refractivity contribution is -0.0898. The standard InChI is InChI=1S/C18H27BrN2O2/c1-14-5-9-20(10-6-14)16-7-11-21(12-8-16)23-18-13-15(19)3-4-17(18)22-2/h3-4,13-14,16H,5-12H2,1-2H3. The summed E-state index contributed by atoms with van der Waals surface area (Å²) < 4.78 is 6.39. The van der Waals surface area contributed by atoms with Crippen molar-refractivity contribution in [3.05, 3.63) is 22.7 Å². The highest BCUT2D eigenvalue weighted by Crippen LogP contribution is 2.32. The van der Waals surface area contributed by atoms with Crippen LogP contribution in [0.25, 0.3) is 0 Å². The fourth-order valence-electron chi connectivity index (χ4n) is 3.55. The van der Waals surface area contributed by atoms with Crippen molar-refractivity contribution in [2.75, 3.05) is 33.3 Å². The predicted molar refractivity (Wildman–Crippen MR) is 95.9 cm³/mol. The van der Waals surface area contributed by atoms with Crippen molar-refractivity contribution in [2.45, 2.75) is 38.6 Å².